The van der Waals surface area contributed by atoms with Gasteiger partial charge in [0, 0.05) is 69.9 Å². The third kappa shape index (κ3) is 12.9. The second kappa shape index (κ2) is 26.6. The number of aryl methyl sites for hydroxylation is 4. The molecule has 12 aromatic rings. The zero-order chi connectivity index (χ0) is 59.1. The topological polar surface area (TPSA) is 254 Å². The molecule has 0 radical (unpaired) electrons. The van der Waals surface area contributed by atoms with Crippen molar-refractivity contribution in [3.63, 3.8) is 0 Å². The Hall–Kier alpha value is -7.89. The summed E-state index contributed by atoms with van der Waals surface area (Å²) in [6.07, 6.45) is 14.3. The van der Waals surface area contributed by atoms with Gasteiger partial charge in [0.15, 0.2) is 12.3 Å². The number of benzene rings is 1. The van der Waals surface area contributed by atoms with E-state index >= 15 is 0 Å². The fourth-order valence-corrected chi connectivity index (χ4v) is 10.9. The van der Waals surface area contributed by atoms with Crippen molar-refractivity contribution in [1.82, 2.24) is 77.7 Å². The first-order valence-electron chi connectivity index (χ1n) is 24.9. The molecule has 0 saturated carbocycles. The van der Waals surface area contributed by atoms with Crippen molar-refractivity contribution >= 4 is 137 Å². The molecule has 29 heteroatoms. The van der Waals surface area contributed by atoms with Crippen LogP contribution in [0.5, 0.6) is 0 Å². The molecule has 0 bridgehead atoms. The Kier molecular flexibility index (Phi) is 19.1. The highest BCUT2D eigenvalue weighted by Gasteiger charge is 2.46. The lowest BCUT2D eigenvalue weighted by molar-refractivity contribution is -0.0447. The number of rotatable bonds is 7. The highest BCUT2D eigenvalue weighted by atomic mass is 35.5. The summed E-state index contributed by atoms with van der Waals surface area (Å²) in [5, 5.41) is 7.74. The van der Waals surface area contributed by atoms with Crippen LogP contribution in [-0.2, 0) is 37.7 Å². The minimum Gasteiger partial charge on any atom is -0.454 e. The molecule has 0 unspecified atom stereocenters. The lowest BCUT2D eigenvalue weighted by Crippen LogP contribution is -2.30. The highest BCUT2D eigenvalue weighted by Crippen LogP contribution is 2.43. The molecule has 1 saturated heterocycles. The number of nitrogens with one attached hydrogen (secondary N) is 1. The smallest absolute Gasteiger partial charge is 0.338 e. The largest absolute Gasteiger partial charge is 0.454 e. The van der Waals surface area contributed by atoms with Crippen LogP contribution in [-0.4, -0.2) is 95.8 Å². The van der Waals surface area contributed by atoms with Crippen LogP contribution < -0.4 is 0 Å². The first-order chi connectivity index (χ1) is 40.0. The molecular weight excluding hydrogens is 1210 g/mol. The Morgan fingerprint density at radius 1 is 0.639 bits per heavy atom. The minimum atomic E-state index is -0.527. The SMILES string of the molecule is CC[C@H]1O[C@@H](n2c3ccn(C)c3c3c(Cl)ncnc32)[C@H](OC(=O)c2ccccc2)[C@@H]1C.Clc1cc(Cl)ncn1.Cn1ccc2[nH]c3ncnc(Cl)c3c21.Cn1cccc1-c1c(Cl)ncnc1Cl.Cn1cccc1-c1c(Cl)ncnc1N=[N+]=[N-]. The number of esters is 1. The van der Waals surface area contributed by atoms with Crippen molar-refractivity contribution in [2.24, 2.45) is 39.2 Å². The maximum atomic E-state index is 12.9. The van der Waals surface area contributed by atoms with Gasteiger partial charge in [-0.3, -0.25) is 4.57 Å². The predicted octanol–water partition coefficient (Wildman–Crippen LogP) is 14.5. The molecule has 0 spiro atoms. The van der Waals surface area contributed by atoms with Crippen molar-refractivity contribution in [3.8, 4) is 22.5 Å². The molecule has 83 heavy (non-hydrogen) atoms. The van der Waals surface area contributed by atoms with E-state index in [-0.39, 0.29) is 29.0 Å². The number of hydrogen-bond acceptors (Lipinski definition) is 14. The van der Waals surface area contributed by atoms with Gasteiger partial charge >= 0.3 is 5.97 Å². The minimum absolute atomic E-state index is 0.0104. The summed E-state index contributed by atoms with van der Waals surface area (Å²) in [6, 6.07) is 22.0. The molecule has 0 amide bonds. The van der Waals surface area contributed by atoms with E-state index in [0.717, 1.165) is 56.3 Å². The van der Waals surface area contributed by atoms with Crippen LogP contribution in [0.15, 0.2) is 134 Å². The van der Waals surface area contributed by atoms with E-state index in [2.05, 4.69) is 78.7 Å². The molecule has 424 valence electrons. The molecule has 1 aliphatic heterocycles. The zero-order valence-electron chi connectivity index (χ0n) is 44.6. The summed E-state index contributed by atoms with van der Waals surface area (Å²) >= 11 is 41.2. The molecule has 4 atom stereocenters. The first-order valence-corrected chi connectivity index (χ1v) is 27.5. The second-order valence-corrected chi connectivity index (χ2v) is 20.8. The van der Waals surface area contributed by atoms with E-state index in [1.54, 1.807) is 12.1 Å². The fraction of sp³-hybridized carbons (Fsp3) is 0.204. The number of aromatic amines is 1. The summed E-state index contributed by atoms with van der Waals surface area (Å²) in [7, 11) is 7.70. The number of carbonyl (C=O) groups is 1. The number of hydrogen-bond donors (Lipinski definition) is 1. The molecule has 1 N–H and O–H groups in total. The predicted molar refractivity (Wildman–Crippen MR) is 322 cm³/mol. The number of nitrogens with zero attached hydrogens (tertiary/aromatic N) is 18. The van der Waals surface area contributed by atoms with Crippen LogP contribution >= 0.6 is 81.2 Å². The summed E-state index contributed by atoms with van der Waals surface area (Å²) < 4.78 is 22.2. The third-order valence-corrected chi connectivity index (χ3v) is 15.1. The van der Waals surface area contributed by atoms with Gasteiger partial charge in [-0.25, -0.2) is 54.6 Å². The average Bonchev–Trinajstić information content (AvgIpc) is 1.86. The van der Waals surface area contributed by atoms with E-state index in [4.69, 9.17) is 96.2 Å². The van der Waals surface area contributed by atoms with Crippen molar-refractivity contribution in [2.45, 2.75) is 38.7 Å². The number of fused-ring (bicyclic) bond motifs is 6. The van der Waals surface area contributed by atoms with Crippen LogP contribution in [0.3, 0.4) is 0 Å². The molecule has 13 rings (SSSR count). The number of azide groups is 1. The Labute approximate surface area is 507 Å². The van der Waals surface area contributed by atoms with E-state index < -0.39 is 12.3 Å². The summed E-state index contributed by atoms with van der Waals surface area (Å²) in [6.45, 7) is 4.14. The van der Waals surface area contributed by atoms with Gasteiger partial charge in [-0.15, -0.1) is 0 Å². The lowest BCUT2D eigenvalue weighted by atomic mass is 9.98. The van der Waals surface area contributed by atoms with Crippen molar-refractivity contribution in [3.05, 3.63) is 181 Å². The summed E-state index contributed by atoms with van der Waals surface area (Å²) in [5.41, 5.74) is 17.2. The summed E-state index contributed by atoms with van der Waals surface area (Å²) in [4.78, 5) is 58.4. The van der Waals surface area contributed by atoms with Gasteiger partial charge in [0.25, 0.3) is 0 Å². The number of aromatic nitrogens is 16. The average molecular weight is 1260 g/mol. The van der Waals surface area contributed by atoms with Crippen LogP contribution in [0.25, 0.3) is 77.1 Å². The Morgan fingerprint density at radius 2 is 1.19 bits per heavy atom. The first kappa shape index (κ1) is 59.7. The second-order valence-electron chi connectivity index (χ2n) is 18.2. The Balaban J connectivity index is 0.000000135. The van der Waals surface area contributed by atoms with Crippen LogP contribution in [0.4, 0.5) is 5.82 Å². The van der Waals surface area contributed by atoms with E-state index in [0.29, 0.717) is 53.3 Å². The van der Waals surface area contributed by atoms with Crippen molar-refractivity contribution < 1.29 is 14.3 Å². The van der Waals surface area contributed by atoms with Crippen LogP contribution in [0.1, 0.15) is 36.9 Å². The van der Waals surface area contributed by atoms with Gasteiger partial charge in [-0.2, -0.15) is 0 Å². The highest BCUT2D eigenvalue weighted by molar-refractivity contribution is 6.38. The Bertz CT molecular complexity index is 4270. The van der Waals surface area contributed by atoms with Crippen LogP contribution in [0, 0.1) is 5.92 Å². The maximum Gasteiger partial charge on any atom is 0.338 e. The molecular formula is C54H46Cl7N19O3. The quantitative estimate of drug-likeness (QED) is 0.0513. The normalized spacial score (nSPS) is 15.3. The van der Waals surface area contributed by atoms with E-state index in [1.807, 2.05) is 130 Å². The number of halogens is 7. The van der Waals surface area contributed by atoms with Gasteiger partial charge in [0.05, 0.1) is 67.0 Å². The number of carbonyl (C=O) groups excluding carboxylic acids is 1. The standard InChI is InChI=1S/C23H23ClN4O3.C9H7Cl2N3.C9H7ClN6.C9H7ClN4.C4H2Cl2N2/c1-4-16-13(2)19(31-23(29)14-8-6-5-7-9-14)22(30-16)28-15-10-11-27(3)18(15)17-20(24)25-12-26-21(17)28;1-14-4-2-3-6(14)7-8(10)12-5-13-9(7)11;1-16-4-2-3-6(16)7-8(10)12-5-13-9(7)14-15-11;1-14-3-2-5-7(14)6-8(10)11-4-12-9(6)13-5;5-3-1-4(6)8-2-7-3/h5-13,16,19,22H,4H2,1-3H3;2-5H,1H3;2-5H,1H3;2-4H,1H3,(H,11,12,13);1-2H/t13-,16-,19-,22-;;;;/m1..../s1. The van der Waals surface area contributed by atoms with Gasteiger partial charge in [-0.1, -0.05) is 113 Å². The monoisotopic (exact) mass is 1250 g/mol. The maximum absolute atomic E-state index is 12.9. The number of ether oxygens (including phenoxy) is 2. The number of H-pyrrole nitrogens is 1. The van der Waals surface area contributed by atoms with Crippen LogP contribution in [0.2, 0.25) is 36.1 Å². The van der Waals surface area contributed by atoms with E-state index in [1.165, 1.54) is 37.7 Å². The van der Waals surface area contributed by atoms with Gasteiger partial charge < -0.3 is 32.7 Å². The molecule has 11 aromatic heterocycles. The van der Waals surface area contributed by atoms with Crippen molar-refractivity contribution in [1.29, 1.82) is 0 Å². The molecule has 1 fully saturated rings. The molecule has 1 aliphatic rings. The lowest BCUT2D eigenvalue weighted by Gasteiger charge is -2.23. The molecule has 1 aromatic carbocycles. The van der Waals surface area contributed by atoms with Gasteiger partial charge in [0.1, 0.15) is 84.8 Å². The van der Waals surface area contributed by atoms with Crippen molar-refractivity contribution in [2.75, 3.05) is 0 Å². The molecule has 22 nitrogen and oxygen atoms in total. The summed E-state index contributed by atoms with van der Waals surface area (Å²) in [5.74, 6) is -0.128. The molecule has 0 aliphatic carbocycles. The zero-order valence-corrected chi connectivity index (χ0v) is 49.9. The molecule has 12 heterocycles. The third-order valence-electron chi connectivity index (χ3n) is 13.2. The van der Waals surface area contributed by atoms with Gasteiger partial charge in [-0.05, 0) is 65.6 Å². The Morgan fingerprint density at radius 3 is 1.80 bits per heavy atom. The van der Waals surface area contributed by atoms with Gasteiger partial charge in [0.2, 0.25) is 0 Å². The fourth-order valence-electron chi connectivity index (χ4n) is 9.33. The van der Waals surface area contributed by atoms with E-state index in [9.17, 15) is 4.79 Å².